The Kier molecular flexibility index (Phi) is 4.54. The highest BCUT2D eigenvalue weighted by Gasteiger charge is 2.17. The first kappa shape index (κ1) is 16.1. The van der Waals surface area contributed by atoms with E-state index in [0.717, 1.165) is 5.69 Å². The van der Waals surface area contributed by atoms with Gasteiger partial charge in [0.1, 0.15) is 11.8 Å². The largest absolute Gasteiger partial charge is 0.394 e. The van der Waals surface area contributed by atoms with Crippen molar-refractivity contribution in [1.29, 1.82) is 0 Å². The molecule has 24 heavy (non-hydrogen) atoms. The van der Waals surface area contributed by atoms with Gasteiger partial charge in [-0.15, -0.1) is 0 Å². The average Bonchev–Trinajstić information content (AvgIpc) is 3.04. The molecule has 3 rings (SSSR count). The number of aromatic nitrogens is 3. The minimum atomic E-state index is -0.965. The Labute approximate surface area is 138 Å². The lowest BCUT2D eigenvalue weighted by Crippen LogP contribution is -2.35. The summed E-state index contributed by atoms with van der Waals surface area (Å²) in [6, 6.07) is 11.4. The molecule has 0 aliphatic rings. The standard InChI is InChI=1S/C17H18N4O3/c1-20(9-14(23)10-22)17(24)12-7-15-16(18-8-12)21(11-19-15)13-5-3-2-4-6-13/h2-8,11,14,22-23H,9-10H2,1H3. The minimum absolute atomic E-state index is 0.0474. The number of carbonyl (C=O) groups excluding carboxylic acids is 1. The van der Waals surface area contributed by atoms with Gasteiger partial charge in [0.2, 0.25) is 0 Å². The molecule has 124 valence electrons. The van der Waals surface area contributed by atoms with Crippen molar-refractivity contribution in [2.75, 3.05) is 20.2 Å². The van der Waals surface area contributed by atoms with E-state index in [1.165, 1.54) is 11.1 Å². The maximum atomic E-state index is 12.4. The van der Waals surface area contributed by atoms with Crippen molar-refractivity contribution in [2.45, 2.75) is 6.10 Å². The molecule has 2 N–H and O–H groups in total. The number of amides is 1. The molecule has 0 radical (unpaired) electrons. The number of imidazole rings is 1. The number of fused-ring (bicyclic) bond motifs is 1. The number of nitrogens with zero attached hydrogens (tertiary/aromatic N) is 4. The molecule has 7 heteroatoms. The van der Waals surface area contributed by atoms with Gasteiger partial charge in [-0.1, -0.05) is 18.2 Å². The molecule has 1 atom stereocenters. The van der Waals surface area contributed by atoms with Crippen LogP contribution in [0.25, 0.3) is 16.9 Å². The van der Waals surface area contributed by atoms with Crippen LogP contribution in [0.3, 0.4) is 0 Å². The van der Waals surface area contributed by atoms with Crippen LogP contribution in [0.2, 0.25) is 0 Å². The minimum Gasteiger partial charge on any atom is -0.394 e. The summed E-state index contributed by atoms with van der Waals surface area (Å²) in [5.41, 5.74) is 2.60. The molecular weight excluding hydrogens is 308 g/mol. The Bertz CT molecular complexity index is 847. The fourth-order valence-corrected chi connectivity index (χ4v) is 2.47. The number of rotatable bonds is 5. The second-order valence-electron chi connectivity index (χ2n) is 5.54. The Morgan fingerprint density at radius 3 is 2.75 bits per heavy atom. The molecule has 0 spiro atoms. The molecule has 2 aromatic heterocycles. The zero-order valence-electron chi connectivity index (χ0n) is 13.2. The van der Waals surface area contributed by atoms with Gasteiger partial charge in [-0.3, -0.25) is 9.36 Å². The number of aliphatic hydroxyl groups is 2. The second-order valence-corrected chi connectivity index (χ2v) is 5.54. The zero-order chi connectivity index (χ0) is 17.1. The summed E-state index contributed by atoms with van der Waals surface area (Å²) in [6.07, 6.45) is 2.20. The molecule has 0 fully saturated rings. The molecule has 2 heterocycles. The molecule has 1 unspecified atom stereocenters. The van der Waals surface area contributed by atoms with Gasteiger partial charge < -0.3 is 15.1 Å². The van der Waals surface area contributed by atoms with E-state index < -0.39 is 12.7 Å². The van der Waals surface area contributed by atoms with Crippen LogP contribution in [0.4, 0.5) is 0 Å². The molecule has 0 saturated heterocycles. The highest BCUT2D eigenvalue weighted by atomic mass is 16.3. The van der Waals surface area contributed by atoms with Gasteiger partial charge in [0.15, 0.2) is 5.65 Å². The molecule has 0 saturated carbocycles. The van der Waals surface area contributed by atoms with Gasteiger partial charge in [0.25, 0.3) is 5.91 Å². The normalized spacial score (nSPS) is 12.3. The number of likely N-dealkylation sites (N-methyl/N-ethyl adjacent to an activating group) is 1. The first-order valence-corrected chi connectivity index (χ1v) is 7.53. The smallest absolute Gasteiger partial charge is 0.255 e. The SMILES string of the molecule is CN(CC(O)CO)C(=O)c1cnc2c(c1)ncn2-c1ccccc1. The predicted octanol–water partition coefficient (Wildman–Crippen LogP) is 0.846. The molecule has 0 aliphatic carbocycles. The van der Waals surface area contributed by atoms with Crippen molar-refractivity contribution in [3.05, 3.63) is 54.5 Å². The molecule has 3 aromatic rings. The summed E-state index contributed by atoms with van der Waals surface area (Å²) in [7, 11) is 1.56. The first-order chi connectivity index (χ1) is 11.6. The van der Waals surface area contributed by atoms with Gasteiger partial charge in [0.05, 0.1) is 18.3 Å². The van der Waals surface area contributed by atoms with Crippen LogP contribution in [-0.2, 0) is 0 Å². The van der Waals surface area contributed by atoms with E-state index in [9.17, 15) is 9.90 Å². The first-order valence-electron chi connectivity index (χ1n) is 7.53. The maximum Gasteiger partial charge on any atom is 0.255 e. The third-order valence-corrected chi connectivity index (χ3v) is 3.71. The second kappa shape index (κ2) is 6.77. The predicted molar refractivity (Wildman–Crippen MR) is 88.9 cm³/mol. The fraction of sp³-hybridized carbons (Fsp3) is 0.235. The van der Waals surface area contributed by atoms with Crippen molar-refractivity contribution in [2.24, 2.45) is 0 Å². The van der Waals surface area contributed by atoms with Crippen LogP contribution in [-0.4, -0.2) is 61.9 Å². The van der Waals surface area contributed by atoms with E-state index >= 15 is 0 Å². The number of pyridine rings is 1. The summed E-state index contributed by atoms with van der Waals surface area (Å²) in [4.78, 5) is 22.4. The van der Waals surface area contributed by atoms with Gasteiger partial charge in [-0.25, -0.2) is 9.97 Å². The van der Waals surface area contributed by atoms with Crippen LogP contribution < -0.4 is 0 Å². The van der Waals surface area contributed by atoms with Gasteiger partial charge in [-0.2, -0.15) is 0 Å². The van der Waals surface area contributed by atoms with Crippen LogP contribution in [0.15, 0.2) is 48.9 Å². The molecule has 1 amide bonds. The number of benzene rings is 1. The van der Waals surface area contributed by atoms with Crippen molar-refractivity contribution in [1.82, 2.24) is 19.4 Å². The van der Waals surface area contributed by atoms with Gasteiger partial charge in [-0.05, 0) is 18.2 Å². The van der Waals surface area contributed by atoms with E-state index in [1.54, 1.807) is 19.4 Å². The highest BCUT2D eigenvalue weighted by Crippen LogP contribution is 2.17. The lowest BCUT2D eigenvalue weighted by molar-refractivity contribution is 0.0520. The topological polar surface area (TPSA) is 91.5 Å². The molecule has 1 aromatic carbocycles. The summed E-state index contributed by atoms with van der Waals surface area (Å²) in [5.74, 6) is -0.286. The van der Waals surface area contributed by atoms with Crippen molar-refractivity contribution < 1.29 is 15.0 Å². The quantitative estimate of drug-likeness (QED) is 0.725. The summed E-state index contributed by atoms with van der Waals surface area (Å²) in [5, 5.41) is 18.3. The number of aliphatic hydroxyl groups excluding tert-OH is 2. The van der Waals surface area contributed by atoms with Gasteiger partial charge >= 0.3 is 0 Å². The number of carbonyl (C=O) groups is 1. The summed E-state index contributed by atoms with van der Waals surface area (Å²) < 4.78 is 1.85. The fourth-order valence-electron chi connectivity index (χ4n) is 2.47. The van der Waals surface area contributed by atoms with Crippen LogP contribution in [0.1, 0.15) is 10.4 Å². The van der Waals surface area contributed by atoms with Gasteiger partial charge in [0, 0.05) is 25.5 Å². The zero-order valence-corrected chi connectivity index (χ0v) is 13.2. The lowest BCUT2D eigenvalue weighted by Gasteiger charge is -2.19. The lowest BCUT2D eigenvalue weighted by atomic mass is 10.2. The van der Waals surface area contributed by atoms with E-state index in [1.807, 2.05) is 34.9 Å². The summed E-state index contributed by atoms with van der Waals surface area (Å²) in [6.45, 7) is -0.345. The van der Waals surface area contributed by atoms with Crippen molar-refractivity contribution in [3.8, 4) is 5.69 Å². The molecule has 0 bridgehead atoms. The maximum absolute atomic E-state index is 12.4. The molecular formula is C17H18N4O3. The number of para-hydroxylation sites is 1. The Morgan fingerprint density at radius 2 is 2.04 bits per heavy atom. The Balaban J connectivity index is 1.89. The number of hydrogen-bond donors (Lipinski definition) is 2. The van der Waals surface area contributed by atoms with Crippen LogP contribution in [0, 0.1) is 0 Å². The Morgan fingerprint density at radius 1 is 1.29 bits per heavy atom. The molecule has 7 nitrogen and oxygen atoms in total. The van der Waals surface area contributed by atoms with E-state index in [4.69, 9.17) is 5.11 Å². The van der Waals surface area contributed by atoms with Crippen LogP contribution in [0.5, 0.6) is 0 Å². The molecule has 0 aliphatic heterocycles. The Hall–Kier alpha value is -2.77. The average molecular weight is 326 g/mol. The highest BCUT2D eigenvalue weighted by molar-refractivity contribution is 5.96. The third-order valence-electron chi connectivity index (χ3n) is 3.71. The van der Waals surface area contributed by atoms with Crippen molar-refractivity contribution in [3.63, 3.8) is 0 Å². The number of hydrogen-bond acceptors (Lipinski definition) is 5. The van der Waals surface area contributed by atoms with Crippen molar-refractivity contribution >= 4 is 17.1 Å². The monoisotopic (exact) mass is 326 g/mol. The third kappa shape index (κ3) is 3.12. The van der Waals surface area contributed by atoms with E-state index in [2.05, 4.69) is 9.97 Å². The van der Waals surface area contributed by atoms with Crippen LogP contribution >= 0.6 is 0 Å². The van der Waals surface area contributed by atoms with E-state index in [-0.39, 0.29) is 12.5 Å². The van der Waals surface area contributed by atoms with E-state index in [0.29, 0.717) is 16.7 Å². The summed E-state index contributed by atoms with van der Waals surface area (Å²) >= 11 is 0.